The summed E-state index contributed by atoms with van der Waals surface area (Å²) in [6, 6.07) is 21.0. The fraction of sp³-hybridized carbons (Fsp3) is 0.207. The highest BCUT2D eigenvalue weighted by Crippen LogP contribution is 2.46. The Hall–Kier alpha value is -3.57. The lowest BCUT2D eigenvalue weighted by Gasteiger charge is -2.27. The molecule has 0 spiro atoms. The second-order valence-electron chi connectivity index (χ2n) is 8.22. The average molecular weight is 470 g/mol. The molecule has 5 heteroatoms. The second kappa shape index (κ2) is 9.35. The maximum Gasteiger partial charge on any atom is 0.262 e. The van der Waals surface area contributed by atoms with Crippen LogP contribution < -0.4 is 18.9 Å². The van der Waals surface area contributed by atoms with Crippen LogP contribution in [0.25, 0.3) is 21.9 Å². The van der Waals surface area contributed by atoms with Crippen molar-refractivity contribution in [3.05, 3.63) is 89.0 Å². The average Bonchev–Trinajstić information content (AvgIpc) is 3.19. The molecule has 0 atom stereocenters. The number of ether oxygens (including phenoxy) is 2. The van der Waals surface area contributed by atoms with Crippen LogP contribution in [0.3, 0.4) is 0 Å². The number of allylic oxidation sites excluding steroid dienone is 2. The maximum atomic E-state index is 6.38. The van der Waals surface area contributed by atoms with E-state index in [-0.39, 0.29) is 0 Å². The number of fused-ring (bicyclic) bond motifs is 3. The van der Waals surface area contributed by atoms with Crippen molar-refractivity contribution < 1.29 is 14.0 Å². The molecule has 0 fully saturated rings. The molecule has 2 heterocycles. The highest BCUT2D eigenvalue weighted by molar-refractivity contribution is 7.18. The van der Waals surface area contributed by atoms with E-state index in [0.29, 0.717) is 0 Å². The van der Waals surface area contributed by atoms with Crippen molar-refractivity contribution in [2.24, 2.45) is 7.05 Å². The molecule has 4 nitrogen and oxygen atoms in total. The Balaban J connectivity index is 1.58. The number of thiazole rings is 1. The van der Waals surface area contributed by atoms with Crippen molar-refractivity contribution in [1.82, 2.24) is 0 Å². The number of nitrogens with zero attached hydrogens (tertiary/aromatic N) is 2. The third-order valence-electron chi connectivity index (χ3n) is 6.36. The molecule has 1 aliphatic rings. The first kappa shape index (κ1) is 22.2. The van der Waals surface area contributed by atoms with Crippen molar-refractivity contribution >= 4 is 38.9 Å². The maximum absolute atomic E-state index is 6.38. The standard InChI is InChI=1S/C29H29N2O2S/c1-5-31(6-2)20-14-16-23-22(24-17-15-21(32-4)19-27(24)33-26(23)18-20)10-9-13-29-30(3)25-11-7-8-12-28(25)34-29/h7-19H,5-6H2,1-4H3/q+1. The van der Waals surface area contributed by atoms with Gasteiger partial charge in [-0.3, -0.25) is 0 Å². The zero-order valence-corrected chi connectivity index (χ0v) is 20.9. The van der Waals surface area contributed by atoms with E-state index in [1.807, 2.05) is 12.1 Å². The summed E-state index contributed by atoms with van der Waals surface area (Å²) in [5, 5.41) is 1.21. The van der Waals surface area contributed by atoms with E-state index in [0.717, 1.165) is 47.0 Å². The summed E-state index contributed by atoms with van der Waals surface area (Å²) >= 11 is 1.80. The Morgan fingerprint density at radius 1 is 0.971 bits per heavy atom. The smallest absolute Gasteiger partial charge is 0.262 e. The molecule has 0 radical (unpaired) electrons. The topological polar surface area (TPSA) is 25.6 Å². The Morgan fingerprint density at radius 2 is 1.71 bits per heavy atom. The molecule has 34 heavy (non-hydrogen) atoms. The third kappa shape index (κ3) is 3.97. The molecule has 0 saturated carbocycles. The Morgan fingerprint density at radius 3 is 2.44 bits per heavy atom. The third-order valence-corrected chi connectivity index (χ3v) is 7.54. The number of rotatable bonds is 6. The zero-order chi connectivity index (χ0) is 23.7. The van der Waals surface area contributed by atoms with Gasteiger partial charge in [-0.2, -0.15) is 4.57 Å². The number of hydrogen-bond acceptors (Lipinski definition) is 4. The van der Waals surface area contributed by atoms with Crippen LogP contribution in [0.1, 0.15) is 30.0 Å². The van der Waals surface area contributed by atoms with Gasteiger partial charge in [-0.15, -0.1) is 0 Å². The van der Waals surface area contributed by atoms with E-state index in [1.54, 1.807) is 18.4 Å². The van der Waals surface area contributed by atoms with Crippen LogP contribution in [0, 0.1) is 0 Å². The number of methoxy groups -OCH3 is 1. The SMILES string of the molecule is CCN(CC)c1ccc2c(c1)Oc1cc(OC)ccc1/C2=C\C=C\c1sc2ccccc2[n+]1C. The van der Waals surface area contributed by atoms with Crippen LogP contribution in [0.15, 0.2) is 72.8 Å². The molecule has 0 N–H and O–H groups in total. The quantitative estimate of drug-likeness (QED) is 0.255. The molecule has 4 aromatic rings. The lowest BCUT2D eigenvalue weighted by atomic mass is 9.93. The first-order valence-electron chi connectivity index (χ1n) is 11.6. The molecule has 0 saturated heterocycles. The summed E-state index contributed by atoms with van der Waals surface area (Å²) in [6.45, 7) is 6.26. The molecular formula is C29H29N2O2S+. The van der Waals surface area contributed by atoms with Gasteiger partial charge in [0.25, 0.3) is 5.01 Å². The summed E-state index contributed by atoms with van der Waals surface area (Å²) in [5.41, 5.74) is 5.72. The van der Waals surface area contributed by atoms with Gasteiger partial charge < -0.3 is 14.4 Å². The van der Waals surface area contributed by atoms with E-state index >= 15 is 0 Å². The minimum atomic E-state index is 0.786. The van der Waals surface area contributed by atoms with Gasteiger partial charge in [0.05, 0.1) is 7.11 Å². The van der Waals surface area contributed by atoms with Gasteiger partial charge in [0.1, 0.15) is 29.0 Å². The summed E-state index contributed by atoms with van der Waals surface area (Å²) in [7, 11) is 3.80. The molecule has 5 rings (SSSR count). The first-order valence-corrected chi connectivity index (χ1v) is 12.5. The lowest BCUT2D eigenvalue weighted by molar-refractivity contribution is -0.642. The first-order chi connectivity index (χ1) is 16.6. The van der Waals surface area contributed by atoms with Gasteiger partial charge >= 0.3 is 0 Å². The second-order valence-corrected chi connectivity index (χ2v) is 9.29. The summed E-state index contributed by atoms with van der Waals surface area (Å²) in [4.78, 5) is 2.33. The number of anilines is 1. The highest BCUT2D eigenvalue weighted by atomic mass is 32.1. The predicted octanol–water partition coefficient (Wildman–Crippen LogP) is 6.83. The number of hydrogen-bond donors (Lipinski definition) is 0. The molecule has 0 amide bonds. The largest absolute Gasteiger partial charge is 0.497 e. The van der Waals surface area contributed by atoms with Crippen molar-refractivity contribution in [2.75, 3.05) is 25.1 Å². The molecular weight excluding hydrogens is 440 g/mol. The van der Waals surface area contributed by atoms with Crippen LogP contribution >= 0.6 is 11.3 Å². The van der Waals surface area contributed by atoms with E-state index in [2.05, 4.69) is 97.1 Å². The van der Waals surface area contributed by atoms with Gasteiger partial charge in [0.2, 0.25) is 5.52 Å². The van der Waals surface area contributed by atoms with Gasteiger partial charge in [-0.1, -0.05) is 35.6 Å². The fourth-order valence-electron chi connectivity index (χ4n) is 4.48. The Labute approximate surface area is 205 Å². The molecule has 0 bridgehead atoms. The monoisotopic (exact) mass is 469 g/mol. The van der Waals surface area contributed by atoms with E-state index in [4.69, 9.17) is 9.47 Å². The summed E-state index contributed by atoms with van der Waals surface area (Å²) in [6.07, 6.45) is 6.51. The van der Waals surface area contributed by atoms with E-state index in [1.165, 1.54) is 20.9 Å². The number of aryl methyl sites for hydroxylation is 1. The van der Waals surface area contributed by atoms with Gasteiger partial charge in [0, 0.05) is 54.2 Å². The van der Waals surface area contributed by atoms with Gasteiger partial charge in [-0.25, -0.2) is 0 Å². The van der Waals surface area contributed by atoms with Crippen molar-refractivity contribution in [2.45, 2.75) is 13.8 Å². The van der Waals surface area contributed by atoms with Crippen molar-refractivity contribution in [1.29, 1.82) is 0 Å². The van der Waals surface area contributed by atoms with Crippen molar-refractivity contribution in [3.8, 4) is 17.2 Å². The minimum Gasteiger partial charge on any atom is -0.497 e. The van der Waals surface area contributed by atoms with Crippen LogP contribution in [-0.2, 0) is 7.05 Å². The zero-order valence-electron chi connectivity index (χ0n) is 20.0. The molecule has 1 aliphatic heterocycles. The molecule has 0 aliphatic carbocycles. The molecule has 172 valence electrons. The molecule has 0 unspecified atom stereocenters. The van der Waals surface area contributed by atoms with Gasteiger partial charge in [0.15, 0.2) is 0 Å². The van der Waals surface area contributed by atoms with Crippen molar-refractivity contribution in [3.63, 3.8) is 0 Å². The normalized spacial score (nSPS) is 13.7. The Kier molecular flexibility index (Phi) is 6.12. The highest BCUT2D eigenvalue weighted by Gasteiger charge is 2.23. The van der Waals surface area contributed by atoms with Crippen LogP contribution in [0.2, 0.25) is 0 Å². The summed E-state index contributed by atoms with van der Waals surface area (Å²) < 4.78 is 15.4. The van der Waals surface area contributed by atoms with Crippen LogP contribution in [-0.4, -0.2) is 20.2 Å². The Bertz CT molecular complexity index is 1410. The number of para-hydroxylation sites is 1. The number of aromatic nitrogens is 1. The van der Waals surface area contributed by atoms with E-state index < -0.39 is 0 Å². The van der Waals surface area contributed by atoms with Crippen LogP contribution in [0.5, 0.6) is 17.2 Å². The lowest BCUT2D eigenvalue weighted by Crippen LogP contribution is -2.28. The minimum absolute atomic E-state index is 0.786. The molecule has 3 aromatic carbocycles. The predicted molar refractivity (Wildman–Crippen MR) is 142 cm³/mol. The number of benzene rings is 3. The fourth-order valence-corrected chi connectivity index (χ4v) is 5.54. The summed E-state index contributed by atoms with van der Waals surface area (Å²) in [5.74, 6) is 2.47. The van der Waals surface area contributed by atoms with E-state index in [9.17, 15) is 0 Å². The molecule has 1 aromatic heterocycles. The van der Waals surface area contributed by atoms with Gasteiger partial charge in [-0.05, 0) is 49.8 Å². The van der Waals surface area contributed by atoms with Crippen LogP contribution in [0.4, 0.5) is 5.69 Å².